The molecule has 0 aromatic carbocycles. The molecular formula is C15H24N2O2. The van der Waals surface area contributed by atoms with E-state index in [9.17, 15) is 0 Å². The van der Waals surface area contributed by atoms with Crippen molar-refractivity contribution in [2.24, 2.45) is 0 Å². The molecule has 1 aliphatic carbocycles. The third-order valence-electron chi connectivity index (χ3n) is 4.13. The molecule has 1 N–H and O–H groups in total. The van der Waals surface area contributed by atoms with Crippen molar-refractivity contribution in [3.8, 4) is 0 Å². The molecule has 1 saturated carbocycles. The lowest BCUT2D eigenvalue weighted by molar-refractivity contribution is 0.0370. The molecule has 0 unspecified atom stereocenters. The van der Waals surface area contributed by atoms with Gasteiger partial charge in [-0.2, -0.15) is 0 Å². The van der Waals surface area contributed by atoms with Crippen LogP contribution in [-0.4, -0.2) is 37.2 Å². The van der Waals surface area contributed by atoms with E-state index in [2.05, 4.69) is 16.3 Å². The van der Waals surface area contributed by atoms with Crippen molar-refractivity contribution in [2.75, 3.05) is 20.2 Å². The number of nitrogens with one attached hydrogen (secondary N) is 1. The van der Waals surface area contributed by atoms with Crippen molar-refractivity contribution >= 4 is 0 Å². The molecule has 1 aromatic heterocycles. The molecule has 4 nitrogen and oxygen atoms in total. The van der Waals surface area contributed by atoms with Crippen LogP contribution >= 0.6 is 0 Å². The first kappa shape index (κ1) is 13.2. The molecule has 4 heteroatoms. The Morgan fingerprint density at radius 2 is 2.11 bits per heavy atom. The van der Waals surface area contributed by atoms with Gasteiger partial charge in [-0.05, 0) is 31.7 Å². The summed E-state index contributed by atoms with van der Waals surface area (Å²) >= 11 is 0. The summed E-state index contributed by atoms with van der Waals surface area (Å²) in [6.07, 6.45) is 7.28. The van der Waals surface area contributed by atoms with E-state index >= 15 is 0 Å². The number of hydrogen-bond donors (Lipinski definition) is 1. The van der Waals surface area contributed by atoms with Gasteiger partial charge in [0.05, 0.1) is 18.9 Å². The van der Waals surface area contributed by atoms with Crippen molar-refractivity contribution in [2.45, 2.75) is 50.9 Å². The number of hydrogen-bond acceptors (Lipinski definition) is 4. The summed E-state index contributed by atoms with van der Waals surface area (Å²) in [6, 6.07) is 2.95. The van der Waals surface area contributed by atoms with E-state index in [0.717, 1.165) is 50.8 Å². The zero-order valence-electron chi connectivity index (χ0n) is 11.7. The molecule has 2 aliphatic rings. The fourth-order valence-corrected chi connectivity index (χ4v) is 2.67. The quantitative estimate of drug-likeness (QED) is 0.854. The zero-order chi connectivity index (χ0) is 13.1. The predicted octanol–water partition coefficient (Wildman–Crippen LogP) is 2.14. The van der Waals surface area contributed by atoms with Crippen LogP contribution in [0.3, 0.4) is 0 Å². The smallest absolute Gasteiger partial charge is 0.118 e. The standard InChI is InChI=1S/C15H24N2O2/c1-18-14-4-6-17(7-5-14)10-15-8-12(11-19-15)9-16-13-2-3-13/h8,11,13-14,16H,2-7,9-10H2,1H3. The summed E-state index contributed by atoms with van der Waals surface area (Å²) in [5, 5.41) is 3.51. The van der Waals surface area contributed by atoms with Crippen LogP contribution < -0.4 is 5.32 Å². The minimum absolute atomic E-state index is 0.450. The maximum absolute atomic E-state index is 5.66. The van der Waals surface area contributed by atoms with Gasteiger partial charge < -0.3 is 14.5 Å². The summed E-state index contributed by atoms with van der Waals surface area (Å²) in [4.78, 5) is 2.45. The first-order valence-corrected chi connectivity index (χ1v) is 7.38. The molecule has 0 radical (unpaired) electrons. The summed E-state index contributed by atoms with van der Waals surface area (Å²) in [5.41, 5.74) is 1.27. The van der Waals surface area contributed by atoms with E-state index in [-0.39, 0.29) is 0 Å². The molecule has 1 saturated heterocycles. The van der Waals surface area contributed by atoms with Crippen molar-refractivity contribution in [1.82, 2.24) is 10.2 Å². The van der Waals surface area contributed by atoms with E-state index in [1.54, 1.807) is 0 Å². The molecule has 0 atom stereocenters. The number of piperidine rings is 1. The highest BCUT2D eigenvalue weighted by molar-refractivity contribution is 5.13. The maximum Gasteiger partial charge on any atom is 0.118 e. The fraction of sp³-hybridized carbons (Fsp3) is 0.733. The Bertz CT molecular complexity index is 393. The topological polar surface area (TPSA) is 37.6 Å². The molecule has 0 amide bonds. The van der Waals surface area contributed by atoms with Gasteiger partial charge in [0.1, 0.15) is 5.76 Å². The van der Waals surface area contributed by atoms with Crippen LogP contribution in [0.15, 0.2) is 16.7 Å². The molecule has 0 bridgehead atoms. The van der Waals surface area contributed by atoms with Gasteiger partial charge in [-0.25, -0.2) is 0 Å². The van der Waals surface area contributed by atoms with Crippen molar-refractivity contribution < 1.29 is 9.15 Å². The van der Waals surface area contributed by atoms with E-state index < -0.39 is 0 Å². The lowest BCUT2D eigenvalue weighted by atomic mass is 10.1. The zero-order valence-corrected chi connectivity index (χ0v) is 11.7. The van der Waals surface area contributed by atoms with Gasteiger partial charge in [-0.15, -0.1) is 0 Å². The second-order valence-electron chi connectivity index (χ2n) is 5.79. The number of furan rings is 1. The van der Waals surface area contributed by atoms with Crippen LogP contribution in [0.25, 0.3) is 0 Å². The summed E-state index contributed by atoms with van der Waals surface area (Å²) in [5.74, 6) is 1.09. The third-order valence-corrected chi connectivity index (χ3v) is 4.13. The van der Waals surface area contributed by atoms with E-state index in [0.29, 0.717) is 6.10 Å². The highest BCUT2D eigenvalue weighted by Crippen LogP contribution is 2.20. The number of methoxy groups -OCH3 is 1. The highest BCUT2D eigenvalue weighted by Gasteiger charge is 2.21. The first-order valence-electron chi connectivity index (χ1n) is 7.38. The van der Waals surface area contributed by atoms with Gasteiger partial charge in [0.15, 0.2) is 0 Å². The largest absolute Gasteiger partial charge is 0.468 e. The fourth-order valence-electron chi connectivity index (χ4n) is 2.67. The van der Waals surface area contributed by atoms with Gasteiger partial charge in [-0.3, -0.25) is 4.90 Å². The van der Waals surface area contributed by atoms with Crippen LogP contribution in [0.1, 0.15) is 37.0 Å². The van der Waals surface area contributed by atoms with Gasteiger partial charge >= 0.3 is 0 Å². The second kappa shape index (κ2) is 6.07. The molecule has 1 aromatic rings. The SMILES string of the molecule is COC1CCN(Cc2cc(CNC3CC3)co2)CC1. The average molecular weight is 264 g/mol. The Hall–Kier alpha value is -0.840. The minimum atomic E-state index is 0.450. The van der Waals surface area contributed by atoms with E-state index in [1.165, 1.54) is 18.4 Å². The molecule has 19 heavy (non-hydrogen) atoms. The summed E-state index contributed by atoms with van der Waals surface area (Å²) in [6.45, 7) is 4.09. The lowest BCUT2D eigenvalue weighted by Gasteiger charge is -2.30. The number of likely N-dealkylation sites (tertiary alicyclic amines) is 1. The third kappa shape index (κ3) is 3.81. The normalized spacial score (nSPS) is 21.9. The van der Waals surface area contributed by atoms with E-state index in [1.807, 2.05) is 13.4 Å². The molecule has 1 aliphatic heterocycles. The Balaban J connectivity index is 1.44. The summed E-state index contributed by atoms with van der Waals surface area (Å²) < 4.78 is 11.1. The Kier molecular flexibility index (Phi) is 4.21. The number of rotatable bonds is 6. The monoisotopic (exact) mass is 264 g/mol. The van der Waals surface area contributed by atoms with Crippen LogP contribution in [0.5, 0.6) is 0 Å². The molecule has 3 rings (SSSR count). The van der Waals surface area contributed by atoms with Crippen LogP contribution in [-0.2, 0) is 17.8 Å². The number of ether oxygens (including phenoxy) is 1. The average Bonchev–Trinajstić information content (AvgIpc) is 3.17. The van der Waals surface area contributed by atoms with Crippen LogP contribution in [0.4, 0.5) is 0 Å². The van der Waals surface area contributed by atoms with Crippen molar-refractivity contribution in [3.05, 3.63) is 23.7 Å². The van der Waals surface area contributed by atoms with Gasteiger partial charge in [0.25, 0.3) is 0 Å². The van der Waals surface area contributed by atoms with Gasteiger partial charge in [0, 0.05) is 38.3 Å². The molecule has 2 fully saturated rings. The molecular weight excluding hydrogens is 240 g/mol. The van der Waals surface area contributed by atoms with E-state index in [4.69, 9.17) is 9.15 Å². The van der Waals surface area contributed by atoms with Crippen molar-refractivity contribution in [3.63, 3.8) is 0 Å². The minimum Gasteiger partial charge on any atom is -0.468 e. The molecule has 106 valence electrons. The lowest BCUT2D eigenvalue weighted by Crippen LogP contribution is -2.36. The van der Waals surface area contributed by atoms with Gasteiger partial charge in [-0.1, -0.05) is 0 Å². The predicted molar refractivity (Wildman–Crippen MR) is 73.9 cm³/mol. The number of nitrogens with zero attached hydrogens (tertiary/aromatic N) is 1. The highest BCUT2D eigenvalue weighted by atomic mass is 16.5. The van der Waals surface area contributed by atoms with Crippen molar-refractivity contribution in [1.29, 1.82) is 0 Å². The Morgan fingerprint density at radius 1 is 1.32 bits per heavy atom. The summed E-state index contributed by atoms with van der Waals surface area (Å²) in [7, 11) is 1.81. The first-order chi connectivity index (χ1) is 9.33. The van der Waals surface area contributed by atoms with Crippen LogP contribution in [0.2, 0.25) is 0 Å². The maximum atomic E-state index is 5.66. The Morgan fingerprint density at radius 3 is 2.79 bits per heavy atom. The Labute approximate surface area is 115 Å². The van der Waals surface area contributed by atoms with Gasteiger partial charge in [0.2, 0.25) is 0 Å². The molecule has 2 heterocycles. The molecule has 0 spiro atoms. The van der Waals surface area contributed by atoms with Crippen LogP contribution in [0, 0.1) is 0 Å². The second-order valence-corrected chi connectivity index (χ2v) is 5.79.